The van der Waals surface area contributed by atoms with E-state index in [9.17, 15) is 5.26 Å². The van der Waals surface area contributed by atoms with Gasteiger partial charge in [-0.25, -0.2) is 15.0 Å². The van der Waals surface area contributed by atoms with Crippen LogP contribution in [0.15, 0.2) is 170 Å². The lowest BCUT2D eigenvalue weighted by molar-refractivity contribution is 0.504. The second kappa shape index (κ2) is 16.6. The van der Waals surface area contributed by atoms with Gasteiger partial charge < -0.3 is 5.32 Å². The minimum absolute atomic E-state index is 0.108. The van der Waals surface area contributed by atoms with E-state index in [1.807, 2.05) is 48.7 Å². The third-order valence-electron chi connectivity index (χ3n) is 12.9. The van der Waals surface area contributed by atoms with Crippen molar-refractivity contribution in [1.29, 1.82) is 5.26 Å². The highest BCUT2D eigenvalue weighted by atomic mass is 15.0. The number of dihydropyridines is 1. The molecule has 0 radical (unpaired) electrons. The molecule has 0 spiro atoms. The number of unbranched alkanes of at least 4 members (excludes halogenated alkanes) is 1. The average Bonchev–Trinajstić information content (AvgIpc) is 3.60. The lowest BCUT2D eigenvalue weighted by Crippen LogP contribution is -2.20. The average molecular weight is 802 g/mol. The molecule has 0 amide bonds. The summed E-state index contributed by atoms with van der Waals surface area (Å²) in [6.07, 6.45) is 16.1. The Morgan fingerprint density at radius 2 is 1.19 bits per heavy atom. The summed E-state index contributed by atoms with van der Waals surface area (Å²) < 4.78 is 0. The van der Waals surface area contributed by atoms with Crippen molar-refractivity contribution in [1.82, 2.24) is 20.3 Å². The van der Waals surface area contributed by atoms with Gasteiger partial charge in [-0.2, -0.15) is 5.26 Å². The van der Waals surface area contributed by atoms with Crippen molar-refractivity contribution in [2.45, 2.75) is 51.4 Å². The molecule has 300 valence electrons. The zero-order valence-electron chi connectivity index (χ0n) is 35.2. The molecule has 62 heavy (non-hydrogen) atoms. The standard InChI is InChI=1S/C57H47N5/c1-3-4-31-57(2)51-20-10-19-49(53(51)50-30-21-38(36-58)33-52(50)57)41-26-22-39(23-27-41)44-14-8-15-45(34-44)46-16-9-17-47(35-46)56-61-54(42-12-6-5-7-13-42)60-55(62-56)43-28-24-40(25-29-43)48-18-11-32-59-37-48/h5-22,24-26,28-30,32-35,59H,3-4,23,27,31,37H2,1-2H3/t57-/m0/s1. The number of benzene rings is 6. The monoisotopic (exact) mass is 801 g/mol. The maximum atomic E-state index is 9.80. The van der Waals surface area contributed by atoms with Gasteiger partial charge in [-0.1, -0.05) is 160 Å². The van der Waals surface area contributed by atoms with Gasteiger partial charge in [-0.05, 0) is 123 Å². The van der Waals surface area contributed by atoms with Gasteiger partial charge >= 0.3 is 0 Å². The van der Waals surface area contributed by atoms with Crippen LogP contribution in [0.2, 0.25) is 0 Å². The number of nitrogens with zero attached hydrogens (tertiary/aromatic N) is 4. The normalized spacial score (nSPS) is 16.3. The summed E-state index contributed by atoms with van der Waals surface area (Å²) in [7, 11) is 0. The number of nitrogens with one attached hydrogen (secondary N) is 1. The van der Waals surface area contributed by atoms with E-state index in [0.717, 1.165) is 72.0 Å². The minimum Gasteiger partial charge on any atom is -0.387 e. The number of hydrogen-bond acceptors (Lipinski definition) is 5. The number of allylic oxidation sites excluding steroid dienone is 6. The number of hydrogen-bond donors (Lipinski definition) is 1. The Morgan fingerprint density at radius 3 is 1.89 bits per heavy atom. The molecule has 1 N–H and O–H groups in total. The van der Waals surface area contributed by atoms with Crippen molar-refractivity contribution in [3.63, 3.8) is 0 Å². The van der Waals surface area contributed by atoms with E-state index in [1.165, 1.54) is 55.7 Å². The van der Waals surface area contributed by atoms with E-state index in [2.05, 4.69) is 147 Å². The summed E-state index contributed by atoms with van der Waals surface area (Å²) in [5, 5.41) is 13.1. The Kier molecular flexibility index (Phi) is 10.4. The Bertz CT molecular complexity index is 3020. The summed E-state index contributed by atoms with van der Waals surface area (Å²) in [5.74, 6) is 1.92. The molecule has 0 fully saturated rings. The molecule has 6 aromatic carbocycles. The van der Waals surface area contributed by atoms with Gasteiger partial charge in [-0.15, -0.1) is 0 Å². The number of aromatic nitrogens is 3. The maximum absolute atomic E-state index is 9.80. The molecule has 0 saturated carbocycles. The zero-order valence-corrected chi connectivity index (χ0v) is 35.2. The summed E-state index contributed by atoms with van der Waals surface area (Å²) in [5.41, 5.74) is 18.7. The molecule has 2 aliphatic carbocycles. The van der Waals surface area contributed by atoms with Crippen molar-refractivity contribution >= 4 is 16.7 Å². The molecule has 10 rings (SSSR count). The fourth-order valence-electron chi connectivity index (χ4n) is 9.48. The zero-order chi connectivity index (χ0) is 42.0. The SMILES string of the molecule is CCCC[C@]1(C)c2cc(C#N)ccc2-c2c(C3=CC=C(c4cccc(-c5cccc(-c6nc(-c7ccccc7)nc(-c7ccc(C8=CC=CNC8)cc7)n6)c5)c4)CC3)cccc21. The van der Waals surface area contributed by atoms with Crippen molar-refractivity contribution in [2.75, 3.05) is 6.54 Å². The van der Waals surface area contributed by atoms with Gasteiger partial charge in [0.2, 0.25) is 0 Å². The topological polar surface area (TPSA) is 74.5 Å². The van der Waals surface area contributed by atoms with Crippen LogP contribution in [-0.2, 0) is 5.41 Å². The maximum Gasteiger partial charge on any atom is 0.164 e. The third kappa shape index (κ3) is 7.28. The molecule has 0 bridgehead atoms. The molecule has 0 saturated heterocycles. The van der Waals surface area contributed by atoms with Crippen molar-refractivity contribution < 1.29 is 0 Å². The Labute approximate surface area is 364 Å². The highest BCUT2D eigenvalue weighted by Crippen LogP contribution is 2.54. The lowest BCUT2D eigenvalue weighted by atomic mass is 9.75. The highest BCUT2D eigenvalue weighted by Gasteiger charge is 2.40. The van der Waals surface area contributed by atoms with Crippen LogP contribution in [-0.4, -0.2) is 21.5 Å². The van der Waals surface area contributed by atoms with Crippen LogP contribution in [0.1, 0.15) is 79.3 Å². The number of fused-ring (bicyclic) bond motifs is 3. The van der Waals surface area contributed by atoms with Gasteiger partial charge in [0.1, 0.15) is 0 Å². The minimum atomic E-state index is -0.108. The summed E-state index contributed by atoms with van der Waals surface area (Å²) >= 11 is 0. The van der Waals surface area contributed by atoms with Crippen LogP contribution in [0, 0.1) is 11.3 Å². The smallest absolute Gasteiger partial charge is 0.164 e. The molecule has 1 aromatic heterocycles. The first-order chi connectivity index (χ1) is 30.5. The molecule has 0 unspecified atom stereocenters. The predicted octanol–water partition coefficient (Wildman–Crippen LogP) is 13.6. The number of nitriles is 1. The predicted molar refractivity (Wildman–Crippen MR) is 254 cm³/mol. The van der Waals surface area contributed by atoms with Crippen LogP contribution in [0.3, 0.4) is 0 Å². The van der Waals surface area contributed by atoms with Crippen LogP contribution in [0.25, 0.3) is 73.1 Å². The van der Waals surface area contributed by atoms with E-state index in [4.69, 9.17) is 15.0 Å². The molecule has 5 heteroatoms. The fraction of sp³-hybridized carbons (Fsp3) is 0.158. The lowest BCUT2D eigenvalue weighted by Gasteiger charge is -2.28. The fourth-order valence-corrected chi connectivity index (χ4v) is 9.48. The summed E-state index contributed by atoms with van der Waals surface area (Å²) in [4.78, 5) is 15.1. The second-order valence-electron chi connectivity index (χ2n) is 16.8. The van der Waals surface area contributed by atoms with E-state index in [-0.39, 0.29) is 5.41 Å². The molecule has 1 atom stereocenters. The van der Waals surface area contributed by atoms with Gasteiger partial charge in [0.15, 0.2) is 17.5 Å². The van der Waals surface area contributed by atoms with Crippen LogP contribution in [0.4, 0.5) is 0 Å². The van der Waals surface area contributed by atoms with Gasteiger partial charge in [-0.3, -0.25) is 0 Å². The Morgan fingerprint density at radius 1 is 0.565 bits per heavy atom. The van der Waals surface area contributed by atoms with Gasteiger partial charge in [0.05, 0.1) is 11.6 Å². The summed E-state index contributed by atoms with van der Waals surface area (Å²) in [6, 6.07) is 51.6. The quantitative estimate of drug-likeness (QED) is 0.149. The largest absolute Gasteiger partial charge is 0.387 e. The Balaban J connectivity index is 0.961. The first kappa shape index (κ1) is 38.8. The Hall–Kier alpha value is -7.42. The first-order valence-corrected chi connectivity index (χ1v) is 21.8. The van der Waals surface area contributed by atoms with Crippen molar-refractivity contribution in [3.05, 3.63) is 203 Å². The van der Waals surface area contributed by atoms with Gasteiger partial charge in [0, 0.05) is 28.7 Å². The number of rotatable bonds is 10. The molecule has 5 nitrogen and oxygen atoms in total. The van der Waals surface area contributed by atoms with E-state index in [0.29, 0.717) is 17.5 Å². The van der Waals surface area contributed by atoms with Gasteiger partial charge in [0.25, 0.3) is 0 Å². The molecule has 3 aliphatic rings. The van der Waals surface area contributed by atoms with E-state index >= 15 is 0 Å². The third-order valence-corrected chi connectivity index (χ3v) is 12.9. The van der Waals surface area contributed by atoms with Crippen LogP contribution in [0.5, 0.6) is 0 Å². The molecule has 1 aliphatic heterocycles. The van der Waals surface area contributed by atoms with E-state index in [1.54, 1.807) is 0 Å². The van der Waals surface area contributed by atoms with E-state index < -0.39 is 0 Å². The van der Waals surface area contributed by atoms with Crippen LogP contribution >= 0.6 is 0 Å². The molecular weight excluding hydrogens is 755 g/mol. The van der Waals surface area contributed by atoms with Crippen molar-refractivity contribution in [3.8, 4) is 62.5 Å². The molecule has 7 aromatic rings. The summed E-state index contributed by atoms with van der Waals surface area (Å²) in [6.45, 7) is 5.44. The van der Waals surface area contributed by atoms with Crippen molar-refractivity contribution in [2.24, 2.45) is 0 Å². The molecule has 2 heterocycles. The van der Waals surface area contributed by atoms with Crippen LogP contribution < -0.4 is 5.32 Å². The molecular formula is C57H47N5. The highest BCUT2D eigenvalue weighted by molar-refractivity contribution is 5.92. The second-order valence-corrected chi connectivity index (χ2v) is 16.8. The first-order valence-electron chi connectivity index (χ1n) is 21.8.